The maximum atomic E-state index is 11.8. The Hall–Kier alpha value is -3.79. The number of rotatable bonds is 6. The lowest BCUT2D eigenvalue weighted by Gasteiger charge is -2.08. The number of carbonyl (C=O) groups is 2. The summed E-state index contributed by atoms with van der Waals surface area (Å²) < 4.78 is 10.4. The molecule has 2 N–H and O–H groups in total. The molecule has 0 bridgehead atoms. The summed E-state index contributed by atoms with van der Waals surface area (Å²) in [5.74, 6) is -0.142. The van der Waals surface area contributed by atoms with Gasteiger partial charge in [-0.05, 0) is 24.3 Å². The number of nitrogens with zero attached hydrogens (tertiary/aromatic N) is 1. The summed E-state index contributed by atoms with van der Waals surface area (Å²) in [6.45, 7) is -0.338. The minimum atomic E-state index is -0.559. The van der Waals surface area contributed by atoms with Crippen molar-refractivity contribution in [1.29, 1.82) is 5.26 Å². The van der Waals surface area contributed by atoms with Crippen LogP contribution in [0.1, 0.15) is 11.1 Å². The van der Waals surface area contributed by atoms with Crippen LogP contribution in [0.25, 0.3) is 6.08 Å². The van der Waals surface area contributed by atoms with Gasteiger partial charge in [0, 0.05) is 11.6 Å². The molecule has 0 saturated carbocycles. The van der Waals surface area contributed by atoms with Crippen LogP contribution in [-0.4, -0.2) is 25.5 Å². The van der Waals surface area contributed by atoms with Crippen molar-refractivity contribution in [1.82, 2.24) is 10.9 Å². The molecule has 0 spiro atoms. The number of hydrazine groups is 1. The molecule has 0 saturated heterocycles. The molecule has 0 unspecified atom stereocenters. The van der Waals surface area contributed by atoms with Gasteiger partial charge in [0.05, 0.1) is 12.7 Å². The largest absolute Gasteiger partial charge is 0.496 e. The number of amides is 2. The summed E-state index contributed by atoms with van der Waals surface area (Å²) in [6.07, 6.45) is 2.84. The molecule has 7 heteroatoms. The molecule has 2 aromatic carbocycles. The number of hydrogen-bond acceptors (Lipinski definition) is 5. The lowest BCUT2D eigenvalue weighted by Crippen LogP contribution is -2.43. The highest BCUT2D eigenvalue weighted by Gasteiger charge is 2.07. The Morgan fingerprint density at radius 1 is 1.08 bits per heavy atom. The fourth-order valence-electron chi connectivity index (χ4n) is 2.01. The van der Waals surface area contributed by atoms with E-state index in [2.05, 4.69) is 10.9 Å². The Labute approximate surface area is 150 Å². The van der Waals surface area contributed by atoms with Crippen molar-refractivity contribution in [2.45, 2.75) is 0 Å². The van der Waals surface area contributed by atoms with Crippen LogP contribution in [0.4, 0.5) is 0 Å². The molecule has 2 aromatic rings. The average Bonchev–Trinajstić information content (AvgIpc) is 2.69. The van der Waals surface area contributed by atoms with Gasteiger partial charge >= 0.3 is 0 Å². The van der Waals surface area contributed by atoms with Crippen LogP contribution < -0.4 is 20.3 Å². The van der Waals surface area contributed by atoms with Crippen LogP contribution in [0.2, 0.25) is 0 Å². The van der Waals surface area contributed by atoms with Crippen molar-refractivity contribution in [3.05, 3.63) is 65.7 Å². The van der Waals surface area contributed by atoms with Gasteiger partial charge in [-0.2, -0.15) is 5.26 Å². The molecule has 26 heavy (non-hydrogen) atoms. The van der Waals surface area contributed by atoms with Crippen molar-refractivity contribution >= 4 is 17.9 Å². The van der Waals surface area contributed by atoms with Crippen LogP contribution in [0.15, 0.2) is 54.6 Å². The number of para-hydroxylation sites is 2. The number of carbonyl (C=O) groups excluding carboxylic acids is 2. The van der Waals surface area contributed by atoms with Crippen molar-refractivity contribution in [3.63, 3.8) is 0 Å². The van der Waals surface area contributed by atoms with E-state index in [-0.39, 0.29) is 6.61 Å². The molecule has 0 aliphatic rings. The fraction of sp³-hybridized carbons (Fsp3) is 0.105. The summed E-state index contributed by atoms with van der Waals surface area (Å²) in [7, 11) is 1.54. The van der Waals surface area contributed by atoms with E-state index in [9.17, 15) is 9.59 Å². The monoisotopic (exact) mass is 351 g/mol. The Bertz CT molecular complexity index is 856. The molecular weight excluding hydrogens is 334 g/mol. The van der Waals surface area contributed by atoms with Gasteiger partial charge in [0.2, 0.25) is 0 Å². The molecule has 0 aliphatic carbocycles. The third kappa shape index (κ3) is 5.39. The van der Waals surface area contributed by atoms with Crippen LogP contribution >= 0.6 is 0 Å². The van der Waals surface area contributed by atoms with Gasteiger partial charge in [-0.3, -0.25) is 20.4 Å². The molecule has 0 fully saturated rings. The summed E-state index contributed by atoms with van der Waals surface area (Å²) in [5, 5.41) is 8.95. The lowest BCUT2D eigenvalue weighted by molar-refractivity contribution is -0.128. The number of hydrogen-bond donors (Lipinski definition) is 2. The van der Waals surface area contributed by atoms with E-state index in [1.54, 1.807) is 42.5 Å². The summed E-state index contributed by atoms with van der Waals surface area (Å²) >= 11 is 0. The highest BCUT2D eigenvalue weighted by Crippen LogP contribution is 2.18. The van der Waals surface area contributed by atoms with Gasteiger partial charge in [0.25, 0.3) is 11.8 Å². The normalized spacial score (nSPS) is 10.0. The zero-order chi connectivity index (χ0) is 18.8. The van der Waals surface area contributed by atoms with E-state index in [1.807, 2.05) is 18.2 Å². The topological polar surface area (TPSA) is 100 Å². The number of nitriles is 1. The number of nitrogens with one attached hydrogen (secondary N) is 2. The molecule has 0 heterocycles. The van der Waals surface area contributed by atoms with Gasteiger partial charge in [0.15, 0.2) is 6.61 Å². The van der Waals surface area contributed by atoms with E-state index in [1.165, 1.54) is 13.2 Å². The minimum Gasteiger partial charge on any atom is -0.496 e. The highest BCUT2D eigenvalue weighted by molar-refractivity contribution is 5.93. The number of methoxy groups -OCH3 is 1. The van der Waals surface area contributed by atoms with Crippen molar-refractivity contribution in [2.75, 3.05) is 13.7 Å². The van der Waals surface area contributed by atoms with Gasteiger partial charge in [-0.15, -0.1) is 0 Å². The van der Waals surface area contributed by atoms with E-state index in [0.717, 1.165) is 5.56 Å². The number of benzene rings is 2. The second-order valence-corrected chi connectivity index (χ2v) is 5.01. The van der Waals surface area contributed by atoms with Crippen molar-refractivity contribution < 1.29 is 19.1 Å². The Kier molecular flexibility index (Phi) is 6.77. The highest BCUT2D eigenvalue weighted by atomic mass is 16.5. The molecule has 132 valence electrons. The van der Waals surface area contributed by atoms with Crippen LogP contribution in [0.5, 0.6) is 11.5 Å². The standard InChI is InChI=1S/C19H17N3O4/c1-25-16-8-4-2-6-14(16)10-11-18(23)21-22-19(24)13-26-17-9-5-3-7-15(17)12-20/h2-11H,13H2,1H3,(H,21,23)(H,22,24)/b11-10+. The first kappa shape index (κ1) is 18.5. The summed E-state index contributed by atoms with van der Waals surface area (Å²) in [4.78, 5) is 23.5. The van der Waals surface area contributed by atoms with E-state index < -0.39 is 11.8 Å². The minimum absolute atomic E-state index is 0.299. The van der Waals surface area contributed by atoms with Gasteiger partial charge in [-0.1, -0.05) is 30.3 Å². The third-order valence-corrected chi connectivity index (χ3v) is 3.24. The fourth-order valence-corrected chi connectivity index (χ4v) is 2.01. The van der Waals surface area contributed by atoms with Crippen LogP contribution in [0.3, 0.4) is 0 Å². The SMILES string of the molecule is COc1ccccc1/C=C/C(=O)NNC(=O)COc1ccccc1C#N. The molecule has 7 nitrogen and oxygen atoms in total. The molecule has 0 aromatic heterocycles. The Morgan fingerprint density at radius 3 is 2.50 bits per heavy atom. The molecule has 0 atom stereocenters. The van der Waals surface area contributed by atoms with Gasteiger partial charge in [0.1, 0.15) is 17.6 Å². The van der Waals surface area contributed by atoms with Crippen molar-refractivity contribution in [2.24, 2.45) is 0 Å². The smallest absolute Gasteiger partial charge is 0.276 e. The van der Waals surface area contributed by atoms with E-state index >= 15 is 0 Å². The quantitative estimate of drug-likeness (QED) is 0.611. The first-order valence-electron chi connectivity index (χ1n) is 7.66. The molecular formula is C19H17N3O4. The molecule has 0 aliphatic heterocycles. The molecule has 2 amide bonds. The lowest BCUT2D eigenvalue weighted by atomic mass is 10.2. The van der Waals surface area contributed by atoms with Crippen molar-refractivity contribution in [3.8, 4) is 17.6 Å². The zero-order valence-corrected chi connectivity index (χ0v) is 14.1. The van der Waals surface area contributed by atoms with Crippen LogP contribution in [0, 0.1) is 11.3 Å². The van der Waals surface area contributed by atoms with Crippen LogP contribution in [-0.2, 0) is 9.59 Å². The Morgan fingerprint density at radius 2 is 1.77 bits per heavy atom. The predicted molar refractivity (Wildman–Crippen MR) is 95.0 cm³/mol. The molecule has 0 radical (unpaired) electrons. The Balaban J connectivity index is 1.81. The maximum absolute atomic E-state index is 11.8. The number of ether oxygens (including phenoxy) is 2. The van der Waals surface area contributed by atoms with Gasteiger partial charge < -0.3 is 9.47 Å². The summed E-state index contributed by atoms with van der Waals surface area (Å²) in [6, 6.07) is 15.7. The second kappa shape index (κ2) is 9.49. The predicted octanol–water partition coefficient (Wildman–Crippen LogP) is 1.81. The second-order valence-electron chi connectivity index (χ2n) is 5.01. The summed E-state index contributed by atoms with van der Waals surface area (Å²) in [5.41, 5.74) is 5.52. The first-order valence-corrected chi connectivity index (χ1v) is 7.66. The maximum Gasteiger partial charge on any atom is 0.276 e. The third-order valence-electron chi connectivity index (χ3n) is 3.24. The van der Waals surface area contributed by atoms with Gasteiger partial charge in [-0.25, -0.2) is 0 Å². The average molecular weight is 351 g/mol. The first-order chi connectivity index (χ1) is 12.6. The molecule has 2 rings (SSSR count). The van der Waals surface area contributed by atoms with E-state index in [4.69, 9.17) is 14.7 Å². The van der Waals surface area contributed by atoms with E-state index in [0.29, 0.717) is 17.1 Å². The zero-order valence-electron chi connectivity index (χ0n) is 14.1.